The van der Waals surface area contributed by atoms with Crippen LogP contribution in [0.25, 0.3) is 0 Å². The van der Waals surface area contributed by atoms with Crippen LogP contribution in [-0.4, -0.2) is 25.1 Å². The molecule has 0 fully saturated rings. The molecule has 6 heteroatoms. The van der Waals surface area contributed by atoms with Gasteiger partial charge in [-0.05, 0) is 19.1 Å². The lowest BCUT2D eigenvalue weighted by molar-refractivity contribution is -0.115. The average Bonchev–Trinajstić information content (AvgIpc) is 2.83. The fourth-order valence-electron chi connectivity index (χ4n) is 1.76. The molecule has 0 aliphatic carbocycles. The fraction of sp³-hybridized carbons (Fsp3) is 0.286. The Hall–Kier alpha value is -2.08. The molecule has 0 atom stereocenters. The van der Waals surface area contributed by atoms with Crippen molar-refractivity contribution in [2.45, 2.75) is 13.3 Å². The van der Waals surface area contributed by atoms with Gasteiger partial charge >= 0.3 is 0 Å². The number of amides is 1. The van der Waals surface area contributed by atoms with Gasteiger partial charge in [0, 0.05) is 11.4 Å². The maximum absolute atomic E-state index is 12.0. The standard InChI is InChI=1S/C14H16N2O3S/c1-9-15-10(8-20-9)6-14(17)16-12-7-11(18-2)4-5-13(12)19-3/h4-5,7-8H,6H2,1-3H3,(H,16,17). The molecule has 0 aliphatic heterocycles. The minimum atomic E-state index is -0.137. The van der Waals surface area contributed by atoms with E-state index in [4.69, 9.17) is 9.47 Å². The first-order chi connectivity index (χ1) is 9.62. The summed E-state index contributed by atoms with van der Waals surface area (Å²) in [5.74, 6) is 1.11. The topological polar surface area (TPSA) is 60.5 Å². The molecule has 1 aromatic carbocycles. The fourth-order valence-corrected chi connectivity index (χ4v) is 2.37. The summed E-state index contributed by atoms with van der Waals surface area (Å²) in [6, 6.07) is 5.25. The summed E-state index contributed by atoms with van der Waals surface area (Å²) in [5, 5.41) is 5.65. The number of anilines is 1. The molecule has 0 spiro atoms. The van der Waals surface area contributed by atoms with Crippen LogP contribution in [0.2, 0.25) is 0 Å². The maximum atomic E-state index is 12.0. The first kappa shape index (κ1) is 14.3. The van der Waals surface area contributed by atoms with E-state index in [9.17, 15) is 4.79 Å². The van der Waals surface area contributed by atoms with Crippen LogP contribution in [0.5, 0.6) is 11.5 Å². The van der Waals surface area contributed by atoms with E-state index >= 15 is 0 Å². The number of methoxy groups -OCH3 is 2. The van der Waals surface area contributed by atoms with Crippen molar-refractivity contribution in [1.29, 1.82) is 0 Å². The van der Waals surface area contributed by atoms with Crippen molar-refractivity contribution in [3.05, 3.63) is 34.3 Å². The third-order valence-electron chi connectivity index (χ3n) is 2.69. The van der Waals surface area contributed by atoms with Gasteiger partial charge in [-0.15, -0.1) is 11.3 Å². The Kier molecular flexibility index (Phi) is 4.57. The van der Waals surface area contributed by atoms with Crippen LogP contribution >= 0.6 is 11.3 Å². The van der Waals surface area contributed by atoms with Crippen molar-refractivity contribution in [3.8, 4) is 11.5 Å². The summed E-state index contributed by atoms with van der Waals surface area (Å²) >= 11 is 1.53. The van der Waals surface area contributed by atoms with Crippen LogP contribution in [0.4, 0.5) is 5.69 Å². The number of ether oxygens (including phenoxy) is 2. The predicted octanol–water partition coefficient (Wildman–Crippen LogP) is 2.65. The van der Waals surface area contributed by atoms with E-state index < -0.39 is 0 Å². The Morgan fingerprint density at radius 3 is 2.75 bits per heavy atom. The Balaban J connectivity index is 2.10. The predicted molar refractivity (Wildman–Crippen MR) is 78.7 cm³/mol. The highest BCUT2D eigenvalue weighted by molar-refractivity contribution is 7.09. The minimum Gasteiger partial charge on any atom is -0.497 e. The van der Waals surface area contributed by atoms with Gasteiger partial charge in [-0.1, -0.05) is 0 Å². The second kappa shape index (κ2) is 6.38. The lowest BCUT2D eigenvalue weighted by Gasteiger charge is -2.11. The molecule has 2 aromatic rings. The second-order valence-corrected chi connectivity index (χ2v) is 5.21. The number of carbonyl (C=O) groups is 1. The third-order valence-corrected chi connectivity index (χ3v) is 3.51. The van der Waals surface area contributed by atoms with E-state index in [0.29, 0.717) is 17.2 Å². The van der Waals surface area contributed by atoms with Gasteiger partial charge in [0.15, 0.2) is 0 Å². The van der Waals surface area contributed by atoms with Crippen LogP contribution in [0.1, 0.15) is 10.7 Å². The molecule has 2 rings (SSSR count). The zero-order valence-electron chi connectivity index (χ0n) is 11.6. The van der Waals surface area contributed by atoms with E-state index in [1.165, 1.54) is 11.3 Å². The van der Waals surface area contributed by atoms with Crippen molar-refractivity contribution >= 4 is 22.9 Å². The van der Waals surface area contributed by atoms with Crippen LogP contribution in [0.3, 0.4) is 0 Å². The van der Waals surface area contributed by atoms with Crippen LogP contribution in [0.15, 0.2) is 23.6 Å². The summed E-state index contributed by atoms with van der Waals surface area (Å²) in [7, 11) is 3.13. The number of nitrogens with one attached hydrogen (secondary N) is 1. The van der Waals surface area contributed by atoms with Crippen LogP contribution in [-0.2, 0) is 11.2 Å². The van der Waals surface area contributed by atoms with Gasteiger partial charge in [-0.2, -0.15) is 0 Å². The van der Waals surface area contributed by atoms with Crippen LogP contribution < -0.4 is 14.8 Å². The van der Waals surface area contributed by atoms with E-state index in [1.54, 1.807) is 32.4 Å². The van der Waals surface area contributed by atoms with Gasteiger partial charge in [0.1, 0.15) is 11.5 Å². The number of hydrogen-bond acceptors (Lipinski definition) is 5. The van der Waals surface area contributed by atoms with E-state index in [2.05, 4.69) is 10.3 Å². The zero-order valence-corrected chi connectivity index (χ0v) is 12.4. The molecule has 1 amide bonds. The number of aromatic nitrogens is 1. The summed E-state index contributed by atoms with van der Waals surface area (Å²) in [5.41, 5.74) is 1.36. The average molecular weight is 292 g/mol. The first-order valence-corrected chi connectivity index (χ1v) is 6.93. The lowest BCUT2D eigenvalue weighted by atomic mass is 10.2. The monoisotopic (exact) mass is 292 g/mol. The number of carbonyl (C=O) groups excluding carboxylic acids is 1. The SMILES string of the molecule is COc1ccc(OC)c(NC(=O)Cc2csc(C)n2)c1. The molecule has 0 saturated heterocycles. The van der Waals surface area contributed by atoms with Gasteiger partial charge in [-0.3, -0.25) is 4.79 Å². The Bertz CT molecular complexity index is 610. The van der Waals surface area contributed by atoms with Gasteiger partial charge in [-0.25, -0.2) is 4.98 Å². The summed E-state index contributed by atoms with van der Waals surface area (Å²) in [4.78, 5) is 16.3. The second-order valence-electron chi connectivity index (χ2n) is 4.15. The zero-order chi connectivity index (χ0) is 14.5. The summed E-state index contributed by atoms with van der Waals surface area (Å²) in [6.07, 6.45) is 0.241. The van der Waals surface area contributed by atoms with Crippen molar-refractivity contribution < 1.29 is 14.3 Å². The molecule has 1 aromatic heterocycles. The first-order valence-electron chi connectivity index (χ1n) is 6.05. The lowest BCUT2D eigenvalue weighted by Crippen LogP contribution is -2.15. The summed E-state index contributed by atoms with van der Waals surface area (Å²) < 4.78 is 10.4. The molecular weight excluding hydrogens is 276 g/mol. The van der Waals surface area contributed by atoms with E-state index in [0.717, 1.165) is 10.7 Å². The Labute approximate surface area is 121 Å². The van der Waals surface area contributed by atoms with Crippen molar-refractivity contribution in [2.24, 2.45) is 0 Å². The van der Waals surface area contributed by atoms with Gasteiger partial charge in [0.2, 0.25) is 5.91 Å². The molecule has 1 N–H and O–H groups in total. The Morgan fingerprint density at radius 2 is 2.15 bits per heavy atom. The molecule has 0 unspecified atom stereocenters. The number of thiazole rings is 1. The molecule has 1 heterocycles. The third kappa shape index (κ3) is 3.48. The summed E-state index contributed by atoms with van der Waals surface area (Å²) in [6.45, 7) is 1.91. The molecule has 0 aliphatic rings. The highest BCUT2D eigenvalue weighted by Gasteiger charge is 2.11. The van der Waals surface area contributed by atoms with Gasteiger partial charge in [0.05, 0.1) is 37.0 Å². The molecule has 106 valence electrons. The van der Waals surface area contributed by atoms with Crippen molar-refractivity contribution in [3.63, 3.8) is 0 Å². The highest BCUT2D eigenvalue weighted by atomic mass is 32.1. The van der Waals surface area contributed by atoms with E-state index in [-0.39, 0.29) is 12.3 Å². The normalized spacial score (nSPS) is 10.2. The number of nitrogens with zero attached hydrogens (tertiary/aromatic N) is 1. The molecule has 5 nitrogen and oxygen atoms in total. The molecule has 0 radical (unpaired) electrons. The molecular formula is C14H16N2O3S. The Morgan fingerprint density at radius 1 is 1.35 bits per heavy atom. The highest BCUT2D eigenvalue weighted by Crippen LogP contribution is 2.28. The number of aryl methyl sites for hydroxylation is 1. The quantitative estimate of drug-likeness (QED) is 0.920. The van der Waals surface area contributed by atoms with Gasteiger partial charge < -0.3 is 14.8 Å². The largest absolute Gasteiger partial charge is 0.497 e. The van der Waals surface area contributed by atoms with Crippen molar-refractivity contribution in [2.75, 3.05) is 19.5 Å². The number of benzene rings is 1. The molecule has 0 saturated carbocycles. The maximum Gasteiger partial charge on any atom is 0.230 e. The number of rotatable bonds is 5. The molecule has 20 heavy (non-hydrogen) atoms. The van der Waals surface area contributed by atoms with Gasteiger partial charge in [0.25, 0.3) is 0 Å². The number of hydrogen-bond donors (Lipinski definition) is 1. The molecule has 0 bridgehead atoms. The van der Waals surface area contributed by atoms with E-state index in [1.807, 2.05) is 12.3 Å². The van der Waals surface area contributed by atoms with Crippen LogP contribution in [0, 0.1) is 6.92 Å². The van der Waals surface area contributed by atoms with Crippen molar-refractivity contribution in [1.82, 2.24) is 4.98 Å². The smallest absolute Gasteiger partial charge is 0.230 e. The minimum absolute atomic E-state index is 0.137.